The minimum atomic E-state index is -2.95. The molecule has 4 nitrogen and oxygen atoms in total. The van der Waals surface area contributed by atoms with Gasteiger partial charge >= 0.3 is 12.6 Å². The summed E-state index contributed by atoms with van der Waals surface area (Å²) < 4.78 is 29.1. The SMILES string of the molecule is CN(Cc1cc(Cl)ccc1OC(F)F)C(C)(C)C(=O)O. The second kappa shape index (κ2) is 6.37. The zero-order valence-electron chi connectivity index (χ0n) is 11.4. The van der Waals surface area contributed by atoms with Crippen LogP contribution in [0.2, 0.25) is 5.02 Å². The number of carboxylic acids is 1. The average molecular weight is 308 g/mol. The number of carboxylic acid groups (broad SMARTS) is 1. The quantitative estimate of drug-likeness (QED) is 0.876. The van der Waals surface area contributed by atoms with E-state index >= 15 is 0 Å². The second-order valence-electron chi connectivity index (χ2n) is 4.85. The number of carbonyl (C=O) groups is 1. The Hall–Kier alpha value is -1.40. The highest BCUT2D eigenvalue weighted by atomic mass is 35.5. The highest BCUT2D eigenvalue weighted by molar-refractivity contribution is 6.30. The summed E-state index contributed by atoms with van der Waals surface area (Å²) in [6.07, 6.45) is 0. The van der Waals surface area contributed by atoms with Crippen LogP contribution in [0.15, 0.2) is 18.2 Å². The van der Waals surface area contributed by atoms with Crippen LogP contribution < -0.4 is 4.74 Å². The molecule has 1 aromatic carbocycles. The Morgan fingerprint density at radius 1 is 1.50 bits per heavy atom. The van der Waals surface area contributed by atoms with Crippen molar-refractivity contribution in [2.75, 3.05) is 7.05 Å². The number of likely N-dealkylation sites (N-methyl/N-ethyl adjacent to an activating group) is 1. The van der Waals surface area contributed by atoms with Gasteiger partial charge in [0.05, 0.1) is 0 Å². The van der Waals surface area contributed by atoms with E-state index in [-0.39, 0.29) is 12.3 Å². The fraction of sp³-hybridized carbons (Fsp3) is 0.462. The lowest BCUT2D eigenvalue weighted by molar-refractivity contribution is -0.148. The van der Waals surface area contributed by atoms with Gasteiger partial charge in [-0.15, -0.1) is 0 Å². The van der Waals surface area contributed by atoms with Crippen LogP contribution in [0.3, 0.4) is 0 Å². The summed E-state index contributed by atoms with van der Waals surface area (Å²) in [5.41, 5.74) is -0.751. The number of hydrogen-bond donors (Lipinski definition) is 1. The minimum Gasteiger partial charge on any atom is -0.480 e. The molecule has 112 valence electrons. The van der Waals surface area contributed by atoms with E-state index < -0.39 is 18.1 Å². The molecule has 0 radical (unpaired) electrons. The molecule has 0 aliphatic carbocycles. The number of alkyl halides is 2. The van der Waals surface area contributed by atoms with E-state index in [1.807, 2.05) is 0 Å². The molecule has 0 fully saturated rings. The maximum atomic E-state index is 12.3. The molecule has 1 rings (SSSR count). The molecule has 1 N–H and O–H groups in total. The Labute approximate surface area is 120 Å². The van der Waals surface area contributed by atoms with Gasteiger partial charge in [0.1, 0.15) is 11.3 Å². The summed E-state index contributed by atoms with van der Waals surface area (Å²) in [4.78, 5) is 12.7. The topological polar surface area (TPSA) is 49.8 Å². The van der Waals surface area contributed by atoms with Gasteiger partial charge in [-0.2, -0.15) is 8.78 Å². The van der Waals surface area contributed by atoms with E-state index in [1.54, 1.807) is 7.05 Å². The number of rotatable bonds is 6. The van der Waals surface area contributed by atoms with E-state index in [0.29, 0.717) is 10.6 Å². The first kappa shape index (κ1) is 16.7. The van der Waals surface area contributed by atoms with Gasteiger partial charge in [0.2, 0.25) is 0 Å². The van der Waals surface area contributed by atoms with E-state index in [0.717, 1.165) is 0 Å². The van der Waals surface area contributed by atoms with Crippen molar-refractivity contribution in [1.82, 2.24) is 4.90 Å². The lowest BCUT2D eigenvalue weighted by Crippen LogP contribution is -2.47. The molecule has 0 saturated carbocycles. The third kappa shape index (κ3) is 4.05. The predicted octanol–water partition coefficient (Wildman–Crippen LogP) is 3.24. The Bertz CT molecular complexity index is 495. The highest BCUT2D eigenvalue weighted by Crippen LogP contribution is 2.27. The summed E-state index contributed by atoms with van der Waals surface area (Å²) in [5, 5.41) is 9.50. The zero-order chi connectivity index (χ0) is 15.5. The molecule has 0 aliphatic rings. The summed E-state index contributed by atoms with van der Waals surface area (Å²) in [6, 6.07) is 4.25. The molecule has 0 atom stereocenters. The van der Waals surface area contributed by atoms with Crippen molar-refractivity contribution >= 4 is 17.6 Å². The largest absolute Gasteiger partial charge is 0.480 e. The van der Waals surface area contributed by atoms with E-state index in [9.17, 15) is 13.6 Å². The van der Waals surface area contributed by atoms with E-state index in [2.05, 4.69) is 4.74 Å². The molecule has 0 amide bonds. The standard InChI is InChI=1S/C13H16ClF2NO3/c1-13(2,11(18)19)17(3)7-8-6-9(14)4-5-10(8)20-12(15)16/h4-6,12H,7H2,1-3H3,(H,18,19). The maximum absolute atomic E-state index is 12.3. The van der Waals surface area contributed by atoms with Gasteiger partial charge in [0, 0.05) is 17.1 Å². The van der Waals surface area contributed by atoms with Gasteiger partial charge in [-0.25, -0.2) is 0 Å². The Kier molecular flexibility index (Phi) is 5.30. The molecule has 1 aromatic rings. The van der Waals surface area contributed by atoms with Gasteiger partial charge in [0.25, 0.3) is 0 Å². The fourth-order valence-corrected chi connectivity index (χ4v) is 1.69. The number of ether oxygens (including phenoxy) is 1. The molecule has 0 aliphatic heterocycles. The van der Waals surface area contributed by atoms with Crippen molar-refractivity contribution in [1.29, 1.82) is 0 Å². The Morgan fingerprint density at radius 3 is 2.60 bits per heavy atom. The first-order valence-electron chi connectivity index (χ1n) is 5.82. The van der Waals surface area contributed by atoms with E-state index in [4.69, 9.17) is 16.7 Å². The van der Waals surface area contributed by atoms with Crippen LogP contribution >= 0.6 is 11.6 Å². The first-order valence-corrected chi connectivity index (χ1v) is 6.20. The third-order valence-corrected chi connectivity index (χ3v) is 3.36. The first-order chi connectivity index (χ1) is 9.14. The Balaban J connectivity index is 3.01. The van der Waals surface area contributed by atoms with Crippen LogP contribution in [0, 0.1) is 0 Å². The molecule has 7 heteroatoms. The summed E-state index contributed by atoms with van der Waals surface area (Å²) >= 11 is 5.84. The van der Waals surface area contributed by atoms with Crippen molar-refractivity contribution in [3.63, 3.8) is 0 Å². The lowest BCUT2D eigenvalue weighted by atomic mass is 10.0. The van der Waals surface area contributed by atoms with Crippen LogP contribution in [0.25, 0.3) is 0 Å². The zero-order valence-corrected chi connectivity index (χ0v) is 12.1. The summed E-state index contributed by atoms with van der Waals surface area (Å²) in [5.74, 6) is -1.03. The van der Waals surface area contributed by atoms with Crippen molar-refractivity contribution in [2.45, 2.75) is 32.5 Å². The van der Waals surface area contributed by atoms with E-state index in [1.165, 1.54) is 36.9 Å². The smallest absolute Gasteiger partial charge is 0.387 e. The number of hydrogen-bond acceptors (Lipinski definition) is 3. The third-order valence-electron chi connectivity index (χ3n) is 3.12. The molecular formula is C13H16ClF2NO3. The normalized spacial score (nSPS) is 12.0. The minimum absolute atomic E-state index is 0.0163. The van der Waals surface area contributed by atoms with Crippen molar-refractivity contribution in [3.8, 4) is 5.75 Å². The van der Waals surface area contributed by atoms with Crippen molar-refractivity contribution in [3.05, 3.63) is 28.8 Å². The average Bonchev–Trinajstić information content (AvgIpc) is 2.31. The predicted molar refractivity (Wildman–Crippen MR) is 71.3 cm³/mol. The van der Waals surface area contributed by atoms with Crippen molar-refractivity contribution < 1.29 is 23.4 Å². The van der Waals surface area contributed by atoms with Gasteiger partial charge in [-0.1, -0.05) is 11.6 Å². The molecule has 0 heterocycles. The molecule has 0 bridgehead atoms. The van der Waals surface area contributed by atoms with Gasteiger partial charge < -0.3 is 9.84 Å². The molecule has 0 aromatic heterocycles. The Morgan fingerprint density at radius 2 is 2.10 bits per heavy atom. The van der Waals surface area contributed by atoms with Crippen LogP contribution in [-0.2, 0) is 11.3 Å². The lowest BCUT2D eigenvalue weighted by Gasteiger charge is -2.31. The molecular weight excluding hydrogens is 292 g/mol. The van der Waals surface area contributed by atoms with Crippen LogP contribution in [0.4, 0.5) is 8.78 Å². The van der Waals surface area contributed by atoms with Gasteiger partial charge in [-0.05, 0) is 39.1 Å². The van der Waals surface area contributed by atoms with Crippen LogP contribution in [0.1, 0.15) is 19.4 Å². The highest BCUT2D eigenvalue weighted by Gasteiger charge is 2.32. The summed E-state index contributed by atoms with van der Waals surface area (Å²) in [6.45, 7) is 0.205. The molecule has 0 spiro atoms. The number of nitrogens with zero attached hydrogens (tertiary/aromatic N) is 1. The van der Waals surface area contributed by atoms with Crippen LogP contribution in [0.5, 0.6) is 5.75 Å². The maximum Gasteiger partial charge on any atom is 0.387 e. The monoisotopic (exact) mass is 307 g/mol. The number of benzene rings is 1. The number of aliphatic carboxylic acids is 1. The second-order valence-corrected chi connectivity index (χ2v) is 5.29. The number of halogens is 3. The van der Waals surface area contributed by atoms with Gasteiger partial charge in [0.15, 0.2) is 0 Å². The molecule has 0 saturated heterocycles. The fourth-order valence-electron chi connectivity index (χ4n) is 1.50. The van der Waals surface area contributed by atoms with Gasteiger partial charge in [-0.3, -0.25) is 9.69 Å². The van der Waals surface area contributed by atoms with Crippen LogP contribution in [-0.4, -0.2) is 35.2 Å². The molecule has 20 heavy (non-hydrogen) atoms. The van der Waals surface area contributed by atoms with Crippen molar-refractivity contribution in [2.24, 2.45) is 0 Å². The molecule has 0 unspecified atom stereocenters. The summed E-state index contributed by atoms with van der Waals surface area (Å²) in [7, 11) is 1.58.